The van der Waals surface area contributed by atoms with Crippen LogP contribution in [0.25, 0.3) is 0 Å². The van der Waals surface area contributed by atoms with Gasteiger partial charge in [0.2, 0.25) is 5.91 Å². The van der Waals surface area contributed by atoms with Gasteiger partial charge in [0.15, 0.2) is 0 Å². The third-order valence-electron chi connectivity index (χ3n) is 2.18. The van der Waals surface area contributed by atoms with Crippen LogP contribution < -0.4 is 5.32 Å². The van der Waals surface area contributed by atoms with E-state index >= 15 is 0 Å². The van der Waals surface area contributed by atoms with Crippen LogP contribution in [0.1, 0.15) is 18.5 Å². The highest BCUT2D eigenvalue weighted by Crippen LogP contribution is 2.22. The van der Waals surface area contributed by atoms with Crippen LogP contribution in [0.2, 0.25) is 5.02 Å². The molecule has 0 aliphatic rings. The van der Waals surface area contributed by atoms with Crippen LogP contribution in [0.4, 0.5) is 0 Å². The molecule has 1 aromatic carbocycles. The zero-order valence-electron chi connectivity index (χ0n) is 9.16. The molecule has 1 amide bonds. The molecule has 0 aliphatic heterocycles. The average Bonchev–Trinajstić information content (AvgIpc) is 2.26. The van der Waals surface area contributed by atoms with E-state index in [9.17, 15) is 4.79 Å². The molecule has 0 saturated heterocycles. The van der Waals surface area contributed by atoms with Gasteiger partial charge in [-0.15, -0.1) is 0 Å². The van der Waals surface area contributed by atoms with E-state index in [1.807, 2.05) is 12.1 Å². The molecule has 0 aromatic heterocycles. The predicted molar refractivity (Wildman–Crippen MR) is 67.3 cm³/mol. The van der Waals surface area contributed by atoms with E-state index in [1.54, 1.807) is 18.2 Å². The molecule has 1 aromatic rings. The topological polar surface area (TPSA) is 29.1 Å². The minimum absolute atomic E-state index is 0.108. The maximum absolute atomic E-state index is 11.1. The molecule has 2 nitrogen and oxygen atoms in total. The Morgan fingerprint density at radius 2 is 2.00 bits per heavy atom. The minimum atomic E-state index is -0.243. The Labute approximate surface area is 101 Å². The fourth-order valence-corrected chi connectivity index (χ4v) is 1.49. The highest BCUT2D eigenvalue weighted by molar-refractivity contribution is 6.30. The summed E-state index contributed by atoms with van der Waals surface area (Å²) < 4.78 is 0. The quantitative estimate of drug-likeness (QED) is 0.798. The number of hydrogen-bond donors (Lipinski definition) is 1. The van der Waals surface area contributed by atoms with Crippen LogP contribution in [0.5, 0.6) is 0 Å². The van der Waals surface area contributed by atoms with Crippen LogP contribution in [0, 0.1) is 0 Å². The monoisotopic (exact) mass is 235 g/mol. The zero-order chi connectivity index (χ0) is 12.1. The van der Waals surface area contributed by atoms with Crippen molar-refractivity contribution in [1.29, 1.82) is 0 Å². The Morgan fingerprint density at radius 3 is 2.44 bits per heavy atom. The van der Waals surface area contributed by atoms with Crippen molar-refractivity contribution in [2.75, 3.05) is 0 Å². The van der Waals surface area contributed by atoms with Gasteiger partial charge in [-0.2, -0.15) is 0 Å². The number of benzene rings is 1. The van der Waals surface area contributed by atoms with Crippen LogP contribution in [0.3, 0.4) is 0 Å². The van der Waals surface area contributed by atoms with Gasteiger partial charge in [-0.1, -0.05) is 43.0 Å². The van der Waals surface area contributed by atoms with Gasteiger partial charge in [0, 0.05) is 11.9 Å². The van der Waals surface area contributed by atoms with Crippen molar-refractivity contribution < 1.29 is 4.79 Å². The van der Waals surface area contributed by atoms with Gasteiger partial charge in [-0.25, -0.2) is 0 Å². The Hall–Kier alpha value is -1.54. The van der Waals surface area contributed by atoms with E-state index in [0.717, 1.165) is 11.1 Å². The van der Waals surface area contributed by atoms with E-state index in [1.165, 1.54) is 6.92 Å². The number of carbonyl (C=O) groups is 1. The molecule has 0 fully saturated rings. The summed E-state index contributed by atoms with van der Waals surface area (Å²) in [7, 11) is 0. The largest absolute Gasteiger partial charge is 0.345 e. The van der Waals surface area contributed by atoms with Crippen LogP contribution in [-0.4, -0.2) is 5.91 Å². The Kier molecular flexibility index (Phi) is 4.32. The lowest BCUT2D eigenvalue weighted by Crippen LogP contribution is -2.26. The molecule has 0 spiro atoms. The van der Waals surface area contributed by atoms with Crippen LogP contribution >= 0.6 is 11.6 Å². The zero-order valence-corrected chi connectivity index (χ0v) is 9.92. The van der Waals surface area contributed by atoms with E-state index < -0.39 is 0 Å². The molecule has 0 aliphatic carbocycles. The lowest BCUT2D eigenvalue weighted by molar-refractivity contribution is -0.119. The fourth-order valence-electron chi connectivity index (χ4n) is 1.37. The first-order valence-electron chi connectivity index (χ1n) is 4.88. The molecule has 0 saturated carbocycles. The predicted octanol–water partition coefficient (Wildman–Crippen LogP) is 3.26. The molecule has 0 bridgehead atoms. The van der Waals surface area contributed by atoms with Gasteiger partial charge in [-0.3, -0.25) is 4.79 Å². The number of carbonyl (C=O) groups excluding carboxylic acids is 1. The second-order valence-corrected chi connectivity index (χ2v) is 3.90. The smallest absolute Gasteiger partial charge is 0.217 e. The summed E-state index contributed by atoms with van der Waals surface area (Å²) in [5, 5.41) is 3.48. The molecular formula is C13H14ClNO. The molecular weight excluding hydrogens is 222 g/mol. The lowest BCUT2D eigenvalue weighted by atomic mass is 10.00. The molecule has 0 heterocycles. The number of halogens is 1. The van der Waals surface area contributed by atoms with Gasteiger partial charge >= 0.3 is 0 Å². The van der Waals surface area contributed by atoms with E-state index in [-0.39, 0.29) is 11.9 Å². The maximum Gasteiger partial charge on any atom is 0.217 e. The van der Waals surface area contributed by atoms with Crippen LogP contribution in [0.15, 0.2) is 49.1 Å². The maximum atomic E-state index is 11.1. The van der Waals surface area contributed by atoms with Crippen molar-refractivity contribution in [3.05, 3.63) is 59.7 Å². The highest BCUT2D eigenvalue weighted by Gasteiger charge is 2.13. The Morgan fingerprint density at radius 1 is 1.44 bits per heavy atom. The lowest BCUT2D eigenvalue weighted by Gasteiger charge is -2.18. The number of rotatable bonds is 4. The number of amides is 1. The van der Waals surface area contributed by atoms with Gasteiger partial charge in [0.25, 0.3) is 0 Å². The summed E-state index contributed by atoms with van der Waals surface area (Å²) in [4.78, 5) is 11.1. The summed E-state index contributed by atoms with van der Waals surface area (Å²) >= 11 is 5.81. The molecule has 16 heavy (non-hydrogen) atoms. The van der Waals surface area contributed by atoms with Gasteiger partial charge < -0.3 is 5.32 Å². The summed E-state index contributed by atoms with van der Waals surface area (Å²) in [6.45, 7) is 8.99. The van der Waals surface area contributed by atoms with Crippen molar-refractivity contribution in [1.82, 2.24) is 5.32 Å². The molecule has 1 rings (SSSR count). The number of nitrogens with one attached hydrogen (secondary N) is 1. The first-order valence-corrected chi connectivity index (χ1v) is 5.26. The normalized spacial score (nSPS) is 11.6. The third-order valence-corrected chi connectivity index (χ3v) is 2.44. The molecule has 1 atom stereocenters. The first kappa shape index (κ1) is 12.5. The second-order valence-electron chi connectivity index (χ2n) is 3.46. The number of hydrogen-bond acceptors (Lipinski definition) is 1. The van der Waals surface area contributed by atoms with Gasteiger partial charge in [-0.05, 0) is 23.3 Å². The van der Waals surface area contributed by atoms with Gasteiger partial charge in [0.1, 0.15) is 0 Å². The van der Waals surface area contributed by atoms with E-state index in [2.05, 4.69) is 18.5 Å². The Bertz CT molecular complexity index is 408. The molecule has 84 valence electrons. The van der Waals surface area contributed by atoms with E-state index in [0.29, 0.717) is 5.02 Å². The summed E-state index contributed by atoms with van der Waals surface area (Å²) in [6.07, 6.45) is 1.63. The van der Waals surface area contributed by atoms with Crippen molar-refractivity contribution >= 4 is 17.5 Å². The van der Waals surface area contributed by atoms with Gasteiger partial charge in [0.05, 0.1) is 6.04 Å². The van der Waals surface area contributed by atoms with Crippen molar-refractivity contribution in [2.45, 2.75) is 13.0 Å². The fraction of sp³-hybridized carbons (Fsp3) is 0.154. The van der Waals surface area contributed by atoms with Crippen molar-refractivity contribution in [3.8, 4) is 0 Å². The van der Waals surface area contributed by atoms with Crippen LogP contribution in [-0.2, 0) is 4.79 Å². The first-order chi connectivity index (χ1) is 7.54. The summed E-state index contributed by atoms with van der Waals surface area (Å²) in [5.74, 6) is -0.108. The molecule has 0 radical (unpaired) electrons. The summed E-state index contributed by atoms with van der Waals surface area (Å²) in [6, 6.07) is 7.03. The van der Waals surface area contributed by atoms with Crippen molar-refractivity contribution in [3.63, 3.8) is 0 Å². The molecule has 3 heteroatoms. The Balaban J connectivity index is 3.00. The van der Waals surface area contributed by atoms with Crippen molar-refractivity contribution in [2.24, 2.45) is 0 Å². The highest BCUT2D eigenvalue weighted by atomic mass is 35.5. The molecule has 1 N–H and O–H groups in total. The molecule has 0 unspecified atom stereocenters. The minimum Gasteiger partial charge on any atom is -0.345 e. The third kappa shape index (κ3) is 3.24. The standard InChI is InChI=1S/C13H14ClNO/c1-4-9(2)13(15-10(3)16)11-5-7-12(14)8-6-11/h4-8,13H,1-2H2,3H3,(H,15,16)/t13-/m0/s1. The van der Waals surface area contributed by atoms with E-state index in [4.69, 9.17) is 11.6 Å². The second kappa shape index (κ2) is 5.52. The average molecular weight is 236 g/mol. The SMILES string of the molecule is C=CC(=C)[C@H](NC(C)=O)c1ccc(Cl)cc1. The summed E-state index contributed by atoms with van der Waals surface area (Å²) in [5.41, 5.74) is 1.68.